The third-order valence-electron chi connectivity index (χ3n) is 5.09. The highest BCUT2D eigenvalue weighted by molar-refractivity contribution is 7.89. The van der Waals surface area contributed by atoms with Gasteiger partial charge in [0.05, 0.1) is 17.0 Å². The number of halogens is 1. The molecule has 0 spiro atoms. The highest BCUT2D eigenvalue weighted by Crippen LogP contribution is 2.30. The average Bonchev–Trinajstić information content (AvgIpc) is 3.07. The van der Waals surface area contributed by atoms with Crippen LogP contribution >= 0.6 is 0 Å². The number of rotatable bonds is 6. The van der Waals surface area contributed by atoms with Crippen LogP contribution in [0, 0.1) is 5.82 Å². The molecule has 1 unspecified atom stereocenters. The molecule has 4 rings (SSSR count). The van der Waals surface area contributed by atoms with Gasteiger partial charge < -0.3 is 0 Å². The Balaban J connectivity index is 1.74. The minimum Gasteiger partial charge on any atom is -0.274 e. The van der Waals surface area contributed by atoms with Crippen LogP contribution in [0.1, 0.15) is 12.0 Å². The van der Waals surface area contributed by atoms with Crippen LogP contribution in [0.25, 0.3) is 0 Å². The number of imide groups is 1. The standard InChI is InChI=1S/C23H19FN2O4S/c24-18-11-13-19(14-12-18)26-22(27)15-21(23(26)28)25(16-17-7-3-1-4-8-17)31(29,30)20-9-5-2-6-10-20/h1-14,21H,15-16H2. The lowest BCUT2D eigenvalue weighted by atomic mass is 10.2. The van der Waals surface area contributed by atoms with Crippen molar-refractivity contribution in [3.8, 4) is 0 Å². The SMILES string of the molecule is O=C1CC(N(Cc2ccccc2)S(=O)(=O)c2ccccc2)C(=O)N1c1ccc(F)cc1. The number of hydrogen-bond donors (Lipinski definition) is 0. The number of carbonyl (C=O) groups excluding carboxylic acids is 2. The highest BCUT2D eigenvalue weighted by Gasteiger charge is 2.46. The maximum atomic E-state index is 13.5. The number of amides is 2. The Morgan fingerprint density at radius 2 is 1.45 bits per heavy atom. The van der Waals surface area contributed by atoms with Crippen LogP contribution in [-0.4, -0.2) is 30.6 Å². The zero-order valence-corrected chi connectivity index (χ0v) is 17.2. The van der Waals surface area contributed by atoms with Crippen molar-refractivity contribution in [1.82, 2.24) is 4.31 Å². The van der Waals surface area contributed by atoms with Gasteiger partial charge in [0.2, 0.25) is 15.9 Å². The van der Waals surface area contributed by atoms with E-state index in [-0.39, 0.29) is 23.5 Å². The van der Waals surface area contributed by atoms with Gasteiger partial charge in [-0.15, -0.1) is 0 Å². The lowest BCUT2D eigenvalue weighted by Gasteiger charge is -2.27. The lowest BCUT2D eigenvalue weighted by Crippen LogP contribution is -2.45. The van der Waals surface area contributed by atoms with Crippen molar-refractivity contribution in [2.75, 3.05) is 4.90 Å². The quantitative estimate of drug-likeness (QED) is 0.553. The Labute approximate surface area is 179 Å². The van der Waals surface area contributed by atoms with Gasteiger partial charge in [0.25, 0.3) is 5.91 Å². The maximum absolute atomic E-state index is 13.5. The zero-order valence-electron chi connectivity index (χ0n) is 16.4. The fourth-order valence-corrected chi connectivity index (χ4v) is 5.15. The van der Waals surface area contributed by atoms with Crippen molar-refractivity contribution in [3.05, 3.63) is 96.3 Å². The topological polar surface area (TPSA) is 74.8 Å². The summed E-state index contributed by atoms with van der Waals surface area (Å²) in [5.74, 6) is -1.70. The Kier molecular flexibility index (Phi) is 5.67. The van der Waals surface area contributed by atoms with Gasteiger partial charge in [0.15, 0.2) is 0 Å². The van der Waals surface area contributed by atoms with Gasteiger partial charge in [-0.1, -0.05) is 48.5 Å². The molecule has 2 amide bonds. The van der Waals surface area contributed by atoms with Gasteiger partial charge in [0.1, 0.15) is 11.9 Å². The van der Waals surface area contributed by atoms with Gasteiger partial charge in [-0.3, -0.25) is 9.59 Å². The minimum absolute atomic E-state index is 0.0337. The van der Waals surface area contributed by atoms with Crippen LogP contribution < -0.4 is 4.90 Å². The number of sulfonamides is 1. The summed E-state index contributed by atoms with van der Waals surface area (Å²) < 4.78 is 41.3. The normalized spacial score (nSPS) is 16.8. The second-order valence-electron chi connectivity index (χ2n) is 7.11. The number of carbonyl (C=O) groups is 2. The fourth-order valence-electron chi connectivity index (χ4n) is 3.56. The molecule has 158 valence electrons. The Morgan fingerprint density at radius 1 is 0.871 bits per heavy atom. The van der Waals surface area contributed by atoms with E-state index in [9.17, 15) is 22.4 Å². The van der Waals surface area contributed by atoms with Crippen molar-refractivity contribution in [1.29, 1.82) is 0 Å². The molecule has 0 aromatic heterocycles. The van der Waals surface area contributed by atoms with Crippen molar-refractivity contribution >= 4 is 27.5 Å². The molecule has 3 aromatic rings. The Hall–Kier alpha value is -3.36. The minimum atomic E-state index is -4.08. The molecule has 8 heteroatoms. The molecule has 1 saturated heterocycles. The summed E-state index contributed by atoms with van der Waals surface area (Å²) in [6.07, 6.45) is -0.297. The van der Waals surface area contributed by atoms with Crippen molar-refractivity contribution in [3.63, 3.8) is 0 Å². The molecule has 3 aromatic carbocycles. The number of hydrogen-bond acceptors (Lipinski definition) is 4. The summed E-state index contributed by atoms with van der Waals surface area (Å²) in [4.78, 5) is 26.9. The molecular formula is C23H19FN2O4S. The molecule has 1 atom stereocenters. The Morgan fingerprint density at radius 3 is 2.06 bits per heavy atom. The molecule has 0 radical (unpaired) electrons. The van der Waals surface area contributed by atoms with Gasteiger partial charge in [0, 0.05) is 6.54 Å². The van der Waals surface area contributed by atoms with Gasteiger partial charge in [-0.2, -0.15) is 4.31 Å². The largest absolute Gasteiger partial charge is 0.274 e. The van der Waals surface area contributed by atoms with E-state index in [2.05, 4.69) is 0 Å². The lowest BCUT2D eigenvalue weighted by molar-refractivity contribution is -0.122. The molecule has 1 aliphatic rings. The molecule has 0 bridgehead atoms. The molecule has 1 aliphatic heterocycles. The first-order chi connectivity index (χ1) is 14.9. The van der Waals surface area contributed by atoms with Crippen molar-refractivity contribution in [2.45, 2.75) is 23.9 Å². The monoisotopic (exact) mass is 438 g/mol. The van der Waals surface area contributed by atoms with Gasteiger partial charge in [-0.05, 0) is 42.0 Å². The van der Waals surface area contributed by atoms with Crippen molar-refractivity contribution < 1.29 is 22.4 Å². The summed E-state index contributed by atoms with van der Waals surface area (Å²) >= 11 is 0. The van der Waals surface area contributed by atoms with E-state index < -0.39 is 33.7 Å². The highest BCUT2D eigenvalue weighted by atomic mass is 32.2. The average molecular weight is 438 g/mol. The molecule has 0 N–H and O–H groups in total. The van der Waals surface area contributed by atoms with Gasteiger partial charge in [-0.25, -0.2) is 17.7 Å². The first-order valence-corrected chi connectivity index (χ1v) is 11.0. The molecule has 6 nitrogen and oxygen atoms in total. The smallest absolute Gasteiger partial charge is 0.252 e. The van der Waals surface area contributed by atoms with Crippen LogP contribution in [0.15, 0.2) is 89.8 Å². The van der Waals surface area contributed by atoms with E-state index in [1.165, 1.54) is 24.3 Å². The second kappa shape index (κ2) is 8.41. The van der Waals surface area contributed by atoms with Crippen LogP contribution in [-0.2, 0) is 26.2 Å². The maximum Gasteiger partial charge on any atom is 0.252 e. The van der Waals surface area contributed by atoms with E-state index in [1.807, 2.05) is 0 Å². The summed E-state index contributed by atoms with van der Waals surface area (Å²) in [6.45, 7) is -0.0704. The molecule has 31 heavy (non-hydrogen) atoms. The summed E-state index contributed by atoms with van der Waals surface area (Å²) in [5.41, 5.74) is 0.887. The van der Waals surface area contributed by atoms with Crippen LogP contribution in [0.2, 0.25) is 0 Å². The summed E-state index contributed by atoms with van der Waals surface area (Å²) in [6, 6.07) is 20.4. The summed E-state index contributed by atoms with van der Waals surface area (Å²) in [5, 5.41) is 0. The van der Waals surface area contributed by atoms with Crippen LogP contribution in [0.4, 0.5) is 10.1 Å². The van der Waals surface area contributed by atoms with Crippen LogP contribution in [0.3, 0.4) is 0 Å². The van der Waals surface area contributed by atoms with E-state index in [0.717, 1.165) is 21.3 Å². The van der Waals surface area contributed by atoms with E-state index in [4.69, 9.17) is 0 Å². The number of anilines is 1. The Bertz CT molecular complexity index is 1200. The zero-order chi connectivity index (χ0) is 22.0. The number of nitrogens with zero attached hydrogens (tertiary/aromatic N) is 2. The van der Waals surface area contributed by atoms with Crippen molar-refractivity contribution in [2.24, 2.45) is 0 Å². The third-order valence-corrected chi connectivity index (χ3v) is 6.96. The predicted molar refractivity (Wildman–Crippen MR) is 113 cm³/mol. The molecule has 0 saturated carbocycles. The number of benzene rings is 3. The second-order valence-corrected chi connectivity index (χ2v) is 9.00. The van der Waals surface area contributed by atoms with E-state index in [1.54, 1.807) is 48.5 Å². The third kappa shape index (κ3) is 4.12. The molecule has 1 fully saturated rings. The summed E-state index contributed by atoms with van der Waals surface area (Å²) in [7, 11) is -4.08. The fraction of sp³-hybridized carbons (Fsp3) is 0.130. The predicted octanol–water partition coefficient (Wildman–Crippen LogP) is 3.35. The van der Waals surface area contributed by atoms with Gasteiger partial charge >= 0.3 is 0 Å². The molecular weight excluding hydrogens is 419 g/mol. The molecule has 1 heterocycles. The van der Waals surface area contributed by atoms with E-state index >= 15 is 0 Å². The molecule has 0 aliphatic carbocycles. The first kappa shape index (κ1) is 20.9. The first-order valence-electron chi connectivity index (χ1n) is 9.61. The van der Waals surface area contributed by atoms with E-state index in [0.29, 0.717) is 5.56 Å². The van der Waals surface area contributed by atoms with Crippen LogP contribution in [0.5, 0.6) is 0 Å².